The molecule has 0 N–H and O–H groups in total. The Kier molecular flexibility index (Phi) is 2.10. The van der Waals surface area contributed by atoms with Crippen LogP contribution in [0.1, 0.15) is 17.0 Å². The molecule has 0 spiro atoms. The summed E-state index contributed by atoms with van der Waals surface area (Å²) < 4.78 is 0. The zero-order valence-electron chi connectivity index (χ0n) is 7.46. The zero-order valence-corrected chi connectivity index (χ0v) is 7.46. The topological polar surface area (TPSA) is 72.5 Å². The molecule has 0 bridgehead atoms. The first-order valence-corrected chi connectivity index (χ1v) is 4.38. The summed E-state index contributed by atoms with van der Waals surface area (Å²) in [5.74, 6) is -0.276. The van der Waals surface area contributed by atoms with Crippen LogP contribution in [0.25, 0.3) is 10.4 Å². The van der Waals surface area contributed by atoms with Crippen LogP contribution < -0.4 is 0 Å². The molecular formula is C10H8N4. The highest BCUT2D eigenvalue weighted by Crippen LogP contribution is 2.34. The molecule has 0 saturated heterocycles. The molecule has 68 valence electrons. The van der Waals surface area contributed by atoms with Gasteiger partial charge in [-0.05, 0) is 23.1 Å². The van der Waals surface area contributed by atoms with Crippen molar-refractivity contribution in [3.63, 3.8) is 0 Å². The first-order chi connectivity index (χ1) is 6.86. The lowest BCUT2D eigenvalue weighted by molar-refractivity contribution is 0.661. The van der Waals surface area contributed by atoms with Crippen LogP contribution in [0.3, 0.4) is 0 Å². The van der Waals surface area contributed by atoms with E-state index in [2.05, 4.69) is 16.1 Å². The first kappa shape index (κ1) is 8.61. The highest BCUT2D eigenvalue weighted by atomic mass is 15.2. The normalized spacial score (nSPS) is 23.4. The van der Waals surface area contributed by atoms with E-state index >= 15 is 0 Å². The summed E-state index contributed by atoms with van der Waals surface area (Å²) in [6, 6.07) is 9.70. The summed E-state index contributed by atoms with van der Waals surface area (Å²) in [4.78, 5) is 2.77. The Balaban J connectivity index is 2.44. The summed E-state index contributed by atoms with van der Waals surface area (Å²) in [5.41, 5.74) is 10.5. The minimum Gasteiger partial charge on any atom is -0.198 e. The number of hydrogen-bond acceptors (Lipinski definition) is 2. The van der Waals surface area contributed by atoms with Crippen molar-refractivity contribution in [2.45, 2.75) is 18.4 Å². The number of nitriles is 1. The molecular weight excluding hydrogens is 176 g/mol. The van der Waals surface area contributed by atoms with Crippen LogP contribution in [0.15, 0.2) is 29.4 Å². The maximum absolute atomic E-state index is 8.98. The Morgan fingerprint density at radius 3 is 3.00 bits per heavy atom. The predicted octanol–water partition coefficient (Wildman–Crippen LogP) is 2.53. The van der Waals surface area contributed by atoms with Gasteiger partial charge in [0, 0.05) is 4.91 Å². The maximum atomic E-state index is 8.98. The molecule has 4 nitrogen and oxygen atoms in total. The fourth-order valence-corrected chi connectivity index (χ4v) is 1.90. The summed E-state index contributed by atoms with van der Waals surface area (Å²) >= 11 is 0. The number of azide groups is 1. The molecule has 0 radical (unpaired) electrons. The quantitative estimate of drug-likeness (QED) is 0.375. The van der Waals surface area contributed by atoms with E-state index in [0.29, 0.717) is 6.42 Å². The van der Waals surface area contributed by atoms with Gasteiger partial charge in [0.05, 0.1) is 18.0 Å². The van der Waals surface area contributed by atoms with E-state index in [1.54, 1.807) is 0 Å². The molecule has 1 aliphatic carbocycles. The molecule has 14 heavy (non-hydrogen) atoms. The molecule has 1 aromatic rings. The van der Waals surface area contributed by atoms with Crippen molar-refractivity contribution in [2.75, 3.05) is 0 Å². The van der Waals surface area contributed by atoms with Gasteiger partial charge in [-0.2, -0.15) is 5.26 Å². The van der Waals surface area contributed by atoms with Crippen LogP contribution in [-0.4, -0.2) is 6.04 Å². The Hall–Kier alpha value is -1.98. The van der Waals surface area contributed by atoms with Gasteiger partial charge in [-0.1, -0.05) is 29.4 Å². The largest absolute Gasteiger partial charge is 0.198 e. The molecule has 0 amide bonds. The van der Waals surface area contributed by atoms with Crippen molar-refractivity contribution in [3.05, 3.63) is 45.8 Å². The van der Waals surface area contributed by atoms with Crippen molar-refractivity contribution in [1.29, 1.82) is 5.26 Å². The summed E-state index contributed by atoms with van der Waals surface area (Å²) in [6.07, 6.45) is 0.679. The van der Waals surface area contributed by atoms with Crippen molar-refractivity contribution in [1.82, 2.24) is 0 Å². The highest BCUT2D eigenvalue weighted by Gasteiger charge is 2.31. The standard InChI is InChI=1S/C10H8N4/c11-6-9-8-4-2-1-3-7(8)5-10(9)13-14-12/h1-4,9-10H,5H2/t9-,10-/m1/s1. The molecule has 0 fully saturated rings. The molecule has 1 aromatic carbocycles. The highest BCUT2D eigenvalue weighted by molar-refractivity contribution is 5.41. The van der Waals surface area contributed by atoms with Gasteiger partial charge in [-0.25, -0.2) is 0 Å². The summed E-state index contributed by atoms with van der Waals surface area (Å²) in [7, 11) is 0. The second kappa shape index (κ2) is 3.41. The zero-order chi connectivity index (χ0) is 9.97. The Morgan fingerprint density at radius 1 is 1.50 bits per heavy atom. The summed E-state index contributed by atoms with van der Waals surface area (Å²) in [6.45, 7) is 0. The van der Waals surface area contributed by atoms with Gasteiger partial charge in [0.2, 0.25) is 0 Å². The Labute approximate surface area is 81.4 Å². The third-order valence-corrected chi connectivity index (χ3v) is 2.54. The summed E-state index contributed by atoms with van der Waals surface area (Å²) in [5, 5.41) is 12.6. The number of benzene rings is 1. The SMILES string of the molecule is N#C[C@@H]1c2ccccc2C[C@H]1N=[N+]=[N-]. The van der Waals surface area contributed by atoms with Gasteiger partial charge in [-0.15, -0.1) is 0 Å². The Bertz CT molecular complexity index is 440. The van der Waals surface area contributed by atoms with Crippen molar-refractivity contribution >= 4 is 0 Å². The van der Waals surface area contributed by atoms with Crippen LogP contribution in [-0.2, 0) is 6.42 Å². The van der Waals surface area contributed by atoms with Crippen LogP contribution >= 0.6 is 0 Å². The molecule has 0 aromatic heterocycles. The number of hydrogen-bond donors (Lipinski definition) is 0. The third kappa shape index (κ3) is 1.20. The van der Waals surface area contributed by atoms with Crippen molar-refractivity contribution < 1.29 is 0 Å². The van der Waals surface area contributed by atoms with Gasteiger partial charge in [0.15, 0.2) is 0 Å². The second-order valence-corrected chi connectivity index (χ2v) is 3.28. The van der Waals surface area contributed by atoms with Crippen LogP contribution in [0, 0.1) is 11.3 Å². The van der Waals surface area contributed by atoms with E-state index in [9.17, 15) is 0 Å². The van der Waals surface area contributed by atoms with Crippen molar-refractivity contribution in [3.8, 4) is 6.07 Å². The fourth-order valence-electron chi connectivity index (χ4n) is 1.90. The lowest BCUT2D eigenvalue weighted by Crippen LogP contribution is -2.08. The van der Waals surface area contributed by atoms with Gasteiger partial charge < -0.3 is 0 Å². The number of rotatable bonds is 1. The van der Waals surface area contributed by atoms with Gasteiger partial charge in [0.25, 0.3) is 0 Å². The molecule has 0 aliphatic heterocycles. The number of fused-ring (bicyclic) bond motifs is 1. The number of nitrogens with zero attached hydrogens (tertiary/aromatic N) is 4. The van der Waals surface area contributed by atoms with Crippen LogP contribution in [0.4, 0.5) is 0 Å². The Morgan fingerprint density at radius 2 is 2.29 bits per heavy atom. The molecule has 4 heteroatoms. The van der Waals surface area contributed by atoms with Gasteiger partial charge in [0.1, 0.15) is 0 Å². The van der Waals surface area contributed by atoms with Gasteiger partial charge in [-0.3, -0.25) is 0 Å². The van der Waals surface area contributed by atoms with Crippen LogP contribution in [0.5, 0.6) is 0 Å². The van der Waals surface area contributed by atoms with E-state index < -0.39 is 0 Å². The van der Waals surface area contributed by atoms with E-state index in [1.807, 2.05) is 24.3 Å². The molecule has 0 saturated carbocycles. The van der Waals surface area contributed by atoms with Gasteiger partial charge >= 0.3 is 0 Å². The third-order valence-electron chi connectivity index (χ3n) is 2.54. The lowest BCUT2D eigenvalue weighted by Gasteiger charge is -2.05. The molecule has 0 heterocycles. The molecule has 2 rings (SSSR count). The van der Waals surface area contributed by atoms with E-state index in [0.717, 1.165) is 11.1 Å². The second-order valence-electron chi connectivity index (χ2n) is 3.28. The first-order valence-electron chi connectivity index (χ1n) is 4.38. The maximum Gasteiger partial charge on any atom is 0.0803 e. The molecule has 2 atom stereocenters. The lowest BCUT2D eigenvalue weighted by atomic mass is 10.0. The molecule has 1 aliphatic rings. The van der Waals surface area contributed by atoms with Crippen molar-refractivity contribution in [2.24, 2.45) is 5.11 Å². The van der Waals surface area contributed by atoms with E-state index in [-0.39, 0.29) is 12.0 Å². The van der Waals surface area contributed by atoms with Crippen LogP contribution in [0.2, 0.25) is 0 Å². The monoisotopic (exact) mass is 184 g/mol. The minimum atomic E-state index is -0.276. The van der Waals surface area contributed by atoms with E-state index in [1.165, 1.54) is 0 Å². The fraction of sp³-hybridized carbons (Fsp3) is 0.300. The van der Waals surface area contributed by atoms with E-state index in [4.69, 9.17) is 10.8 Å². The smallest absolute Gasteiger partial charge is 0.0803 e. The molecule has 0 unspecified atom stereocenters. The average molecular weight is 184 g/mol. The predicted molar refractivity (Wildman–Crippen MR) is 51.4 cm³/mol. The average Bonchev–Trinajstić information content (AvgIpc) is 2.55. The minimum absolute atomic E-state index is 0.234.